The van der Waals surface area contributed by atoms with Gasteiger partial charge >= 0.3 is 0 Å². The van der Waals surface area contributed by atoms with Crippen LogP contribution in [0.5, 0.6) is 0 Å². The van der Waals surface area contributed by atoms with Crippen molar-refractivity contribution in [2.24, 2.45) is 0 Å². The Morgan fingerprint density at radius 1 is 0.586 bits per heavy atom. The van der Waals surface area contributed by atoms with Gasteiger partial charge in [-0.25, -0.2) is 0 Å². The molecule has 0 radical (unpaired) electrons. The van der Waals surface area contributed by atoms with Crippen LogP contribution in [0, 0.1) is 0 Å². The molecule has 1 aliphatic rings. The molecule has 0 saturated heterocycles. The van der Waals surface area contributed by atoms with E-state index >= 15 is 0 Å². The fraction of sp³-hybridized carbons (Fsp3) is 0.727. The van der Waals surface area contributed by atoms with Gasteiger partial charge in [0.2, 0.25) is 0 Å². The van der Waals surface area contributed by atoms with Gasteiger partial charge in [-0.05, 0) is 11.1 Å². The van der Waals surface area contributed by atoms with E-state index in [1.807, 2.05) is 0 Å². The minimum absolute atomic E-state index is 0.511. The summed E-state index contributed by atoms with van der Waals surface area (Å²) in [6, 6.07) is 6.44. The average Bonchev–Trinajstić information content (AvgIpc) is 2.74. The minimum atomic E-state index is 0.511. The molecule has 0 aliphatic carbocycles. The highest BCUT2D eigenvalue weighted by atomic mass is 16.6. The van der Waals surface area contributed by atoms with Crippen molar-refractivity contribution in [1.82, 2.24) is 0 Å². The zero-order valence-electron chi connectivity index (χ0n) is 18.2. The number of hydrogen-bond acceptors (Lipinski definition) is 6. The normalized spacial score (nSPS) is 19.2. The maximum absolute atomic E-state index is 5.90. The zero-order valence-corrected chi connectivity index (χ0v) is 18.2. The summed E-state index contributed by atoms with van der Waals surface area (Å²) in [5.74, 6) is 0. The van der Waals surface area contributed by atoms with Gasteiger partial charge in [-0.3, -0.25) is 0 Å². The van der Waals surface area contributed by atoms with Crippen LogP contribution >= 0.6 is 0 Å². The molecule has 0 unspecified atom stereocenters. The van der Waals surface area contributed by atoms with E-state index in [1.54, 1.807) is 0 Å². The van der Waals surface area contributed by atoms with Crippen LogP contribution in [0.25, 0.3) is 0 Å². The molecule has 6 nitrogen and oxygen atoms in total. The zero-order chi connectivity index (χ0) is 20.6. The lowest BCUT2D eigenvalue weighted by Crippen LogP contribution is -2.35. The highest BCUT2D eigenvalue weighted by molar-refractivity contribution is 6.73. The molecule has 0 N–H and O–H groups in total. The topological polar surface area (TPSA) is 55.4 Å². The highest BCUT2D eigenvalue weighted by Gasteiger charge is 2.19. The fourth-order valence-electron chi connectivity index (χ4n) is 3.50. The third kappa shape index (κ3) is 9.60. The van der Waals surface area contributed by atoms with Crippen molar-refractivity contribution in [2.45, 2.75) is 39.7 Å². The van der Waals surface area contributed by atoms with Gasteiger partial charge in [0.1, 0.15) is 0 Å². The number of rotatable bonds is 3. The molecular formula is C22H37BO6. The van der Waals surface area contributed by atoms with Crippen molar-refractivity contribution in [1.29, 1.82) is 0 Å². The van der Waals surface area contributed by atoms with Crippen LogP contribution in [0.3, 0.4) is 0 Å². The van der Waals surface area contributed by atoms with E-state index in [9.17, 15) is 0 Å². The maximum Gasteiger partial charge on any atom is 0.176 e. The second kappa shape index (κ2) is 15.8. The molecule has 0 atom stereocenters. The number of ether oxygens (including phenoxy) is 6. The first kappa shape index (κ1) is 24.3. The van der Waals surface area contributed by atoms with Gasteiger partial charge in [-0.15, -0.1) is 0 Å². The first-order valence-electron chi connectivity index (χ1n) is 10.9. The number of fused-ring (bicyclic) bond motifs is 2. The second-order valence-corrected chi connectivity index (χ2v) is 7.06. The molecule has 0 amide bonds. The van der Waals surface area contributed by atoms with Crippen molar-refractivity contribution >= 4 is 12.2 Å². The molecule has 29 heavy (non-hydrogen) atoms. The van der Waals surface area contributed by atoms with Crippen molar-refractivity contribution < 1.29 is 28.4 Å². The first-order chi connectivity index (χ1) is 14.4. The van der Waals surface area contributed by atoms with E-state index in [1.165, 1.54) is 16.6 Å². The summed E-state index contributed by atoms with van der Waals surface area (Å²) < 4.78 is 33.9. The molecule has 1 aromatic rings. The highest BCUT2D eigenvalue weighted by Crippen LogP contribution is 2.12. The van der Waals surface area contributed by atoms with Gasteiger partial charge in [0, 0.05) is 0 Å². The third-order valence-corrected chi connectivity index (χ3v) is 5.06. The standard InChI is InChI=1S/C22H37BO6/c1-3-23(4-2)22-20-6-5-7-21(22)19-29-17-15-27-13-11-25-9-8-24-10-12-26-14-16-28-18-20/h5-7H,3-4,8-19H2,1-2H3. The third-order valence-electron chi connectivity index (χ3n) is 5.06. The monoisotopic (exact) mass is 408 g/mol. The van der Waals surface area contributed by atoms with Gasteiger partial charge in [0.25, 0.3) is 0 Å². The van der Waals surface area contributed by atoms with Crippen molar-refractivity contribution in [2.75, 3.05) is 66.1 Å². The van der Waals surface area contributed by atoms with E-state index in [-0.39, 0.29) is 0 Å². The van der Waals surface area contributed by atoms with Crippen molar-refractivity contribution in [3.63, 3.8) is 0 Å². The van der Waals surface area contributed by atoms with E-state index in [2.05, 4.69) is 32.0 Å². The average molecular weight is 408 g/mol. The minimum Gasteiger partial charge on any atom is -0.377 e. The van der Waals surface area contributed by atoms with Crippen LogP contribution in [0.4, 0.5) is 0 Å². The van der Waals surface area contributed by atoms with Crippen LogP contribution < -0.4 is 5.46 Å². The van der Waals surface area contributed by atoms with Crippen LogP contribution in [0.1, 0.15) is 25.0 Å². The Bertz CT molecular complexity index is 500. The molecular weight excluding hydrogens is 371 g/mol. The lowest BCUT2D eigenvalue weighted by atomic mass is 9.40. The molecule has 0 aromatic heterocycles. The van der Waals surface area contributed by atoms with Crippen LogP contribution in [0.15, 0.2) is 18.2 Å². The Morgan fingerprint density at radius 3 is 1.28 bits per heavy atom. The van der Waals surface area contributed by atoms with Crippen LogP contribution in [-0.4, -0.2) is 72.8 Å². The summed E-state index contributed by atoms with van der Waals surface area (Å²) in [5.41, 5.74) is 3.89. The lowest BCUT2D eigenvalue weighted by Gasteiger charge is -2.20. The van der Waals surface area contributed by atoms with Gasteiger partial charge in [0.05, 0.1) is 79.3 Å². The number of benzene rings is 1. The fourth-order valence-corrected chi connectivity index (χ4v) is 3.50. The Labute approximate surface area is 176 Å². The predicted octanol–water partition coefficient (Wildman–Crippen LogP) is 2.54. The molecule has 0 saturated carbocycles. The summed E-state index contributed by atoms with van der Waals surface area (Å²) in [5, 5.41) is 0. The summed E-state index contributed by atoms with van der Waals surface area (Å²) in [6.45, 7) is 11.9. The lowest BCUT2D eigenvalue weighted by molar-refractivity contribution is -0.0181. The van der Waals surface area contributed by atoms with Crippen LogP contribution in [-0.2, 0) is 41.6 Å². The Kier molecular flexibility index (Phi) is 13.3. The van der Waals surface area contributed by atoms with Gasteiger partial charge in [-0.1, -0.05) is 50.1 Å². The van der Waals surface area contributed by atoms with Gasteiger partial charge in [0.15, 0.2) is 6.71 Å². The van der Waals surface area contributed by atoms with E-state index in [0.717, 1.165) is 12.6 Å². The molecule has 0 fully saturated rings. The Balaban J connectivity index is 1.98. The summed E-state index contributed by atoms with van der Waals surface area (Å²) in [7, 11) is 0. The maximum atomic E-state index is 5.90. The SMILES string of the molecule is CCB(CC)c1c2cccc1COCCOCCOCCOCCOCCOC2. The van der Waals surface area contributed by atoms with Crippen molar-refractivity contribution in [3.8, 4) is 0 Å². The van der Waals surface area contributed by atoms with Gasteiger partial charge < -0.3 is 28.4 Å². The summed E-state index contributed by atoms with van der Waals surface area (Å²) >= 11 is 0. The van der Waals surface area contributed by atoms with E-state index in [4.69, 9.17) is 28.4 Å². The molecule has 2 rings (SSSR count). The molecule has 0 spiro atoms. The number of hydrogen-bond donors (Lipinski definition) is 0. The first-order valence-corrected chi connectivity index (χ1v) is 10.9. The molecule has 7 heteroatoms. The molecule has 1 aromatic carbocycles. The second-order valence-electron chi connectivity index (χ2n) is 7.06. The Hall–Kier alpha value is -0.955. The van der Waals surface area contributed by atoms with Gasteiger partial charge in [-0.2, -0.15) is 0 Å². The smallest absolute Gasteiger partial charge is 0.176 e. The molecule has 2 bridgehead atoms. The summed E-state index contributed by atoms with van der Waals surface area (Å²) in [4.78, 5) is 0. The van der Waals surface area contributed by atoms with E-state index < -0.39 is 0 Å². The van der Waals surface area contributed by atoms with Crippen LogP contribution in [0.2, 0.25) is 12.6 Å². The Morgan fingerprint density at radius 2 is 0.931 bits per heavy atom. The van der Waals surface area contributed by atoms with E-state index in [0.29, 0.717) is 86.0 Å². The summed E-state index contributed by atoms with van der Waals surface area (Å²) in [6.07, 6.45) is 2.21. The molecule has 164 valence electrons. The molecule has 1 aliphatic heterocycles. The molecule has 1 heterocycles. The quantitative estimate of drug-likeness (QED) is 0.717. The largest absolute Gasteiger partial charge is 0.377 e. The predicted molar refractivity (Wildman–Crippen MR) is 115 cm³/mol. The van der Waals surface area contributed by atoms with Crippen molar-refractivity contribution in [3.05, 3.63) is 29.3 Å².